The SMILES string of the molecule is CC1=C(CCC(=O)O)C(C)=[N+]2C1=C(c1ccccc1)c1c(C)c(CCC(=O)O)c(C)n1[B-]2(F)F. The van der Waals surface area contributed by atoms with E-state index in [9.17, 15) is 19.8 Å². The topological polar surface area (TPSA) is 82.5 Å². The van der Waals surface area contributed by atoms with Crippen molar-refractivity contribution in [3.63, 3.8) is 0 Å². The van der Waals surface area contributed by atoms with Gasteiger partial charge in [0.15, 0.2) is 5.70 Å². The standard InChI is InChI=1S/C25H27BF2N2O4/c1-14-19(10-12-21(31)32)16(3)29-24(14)23(18-8-6-5-7-9-18)25-15(2)20(11-13-22(33)34)17(4)30(25)26(29,27)28/h5-9H,10-13H2,1-4H3,(H,31,32)(H,33,34). The van der Waals surface area contributed by atoms with Crippen molar-refractivity contribution in [2.45, 2.75) is 53.4 Å². The van der Waals surface area contributed by atoms with Crippen molar-refractivity contribution < 1.29 is 32.9 Å². The van der Waals surface area contributed by atoms with E-state index in [1.165, 1.54) is 0 Å². The van der Waals surface area contributed by atoms with Crippen LogP contribution in [0.15, 0.2) is 47.2 Å². The Hall–Kier alpha value is -3.49. The van der Waals surface area contributed by atoms with E-state index in [0.29, 0.717) is 50.6 Å². The minimum absolute atomic E-state index is 0.145. The summed E-state index contributed by atoms with van der Waals surface area (Å²) >= 11 is 0. The zero-order chi connectivity index (χ0) is 24.9. The number of carbonyl (C=O) groups is 2. The largest absolute Gasteiger partial charge is 0.737 e. The number of allylic oxidation sites excluding steroid dienone is 2. The summed E-state index contributed by atoms with van der Waals surface area (Å²) in [6.45, 7) is 2.50. The van der Waals surface area contributed by atoms with Crippen molar-refractivity contribution in [3.8, 4) is 0 Å². The van der Waals surface area contributed by atoms with Crippen LogP contribution in [0.3, 0.4) is 0 Å². The Morgan fingerprint density at radius 1 is 0.971 bits per heavy atom. The number of carboxylic acids is 2. The lowest BCUT2D eigenvalue weighted by atomic mass is 9.83. The Labute approximate surface area is 196 Å². The average molecular weight is 468 g/mol. The lowest BCUT2D eigenvalue weighted by Gasteiger charge is -2.34. The number of carboxylic acid groups (broad SMARTS) is 2. The highest BCUT2D eigenvalue weighted by atomic mass is 19.2. The monoisotopic (exact) mass is 468 g/mol. The highest BCUT2D eigenvalue weighted by Gasteiger charge is 2.56. The van der Waals surface area contributed by atoms with E-state index in [2.05, 4.69) is 0 Å². The number of aliphatic carboxylic acids is 2. The van der Waals surface area contributed by atoms with Crippen molar-refractivity contribution in [2.75, 3.05) is 0 Å². The summed E-state index contributed by atoms with van der Waals surface area (Å²) in [6, 6.07) is 9.30. The van der Waals surface area contributed by atoms with Gasteiger partial charge in [-0.2, -0.15) is 0 Å². The van der Waals surface area contributed by atoms with E-state index in [0.717, 1.165) is 14.5 Å². The first-order chi connectivity index (χ1) is 16.0. The molecule has 4 rings (SSSR count). The maximum absolute atomic E-state index is 16.3. The van der Waals surface area contributed by atoms with Gasteiger partial charge in [0.1, 0.15) is 5.71 Å². The number of fused-ring (bicyclic) bond motifs is 2. The normalized spacial score (nSPS) is 16.8. The molecule has 1 aromatic heterocycles. The Morgan fingerprint density at radius 3 is 2.15 bits per heavy atom. The molecule has 0 saturated carbocycles. The minimum Gasteiger partial charge on any atom is -0.481 e. The van der Waals surface area contributed by atoms with Crippen LogP contribution in [-0.2, 0) is 16.0 Å². The maximum Gasteiger partial charge on any atom is 0.737 e. The third-order valence-electron chi connectivity index (χ3n) is 7.03. The van der Waals surface area contributed by atoms with Crippen LogP contribution < -0.4 is 0 Å². The van der Waals surface area contributed by atoms with Gasteiger partial charge in [0.25, 0.3) is 0 Å². The van der Waals surface area contributed by atoms with Gasteiger partial charge in [-0.25, -0.2) is 0 Å². The predicted molar refractivity (Wildman–Crippen MR) is 126 cm³/mol. The fourth-order valence-corrected chi connectivity index (χ4v) is 5.52. The zero-order valence-corrected chi connectivity index (χ0v) is 19.7. The van der Waals surface area contributed by atoms with Crippen LogP contribution in [0.25, 0.3) is 5.57 Å². The molecule has 0 saturated heterocycles. The molecule has 0 radical (unpaired) electrons. The van der Waals surface area contributed by atoms with Crippen LogP contribution in [-0.4, -0.2) is 43.8 Å². The number of benzene rings is 1. The van der Waals surface area contributed by atoms with Gasteiger partial charge in [0, 0.05) is 36.6 Å². The smallest absolute Gasteiger partial charge is 0.481 e. The minimum atomic E-state index is -4.29. The Kier molecular flexibility index (Phi) is 5.83. The summed E-state index contributed by atoms with van der Waals surface area (Å²) in [6.07, 6.45) is 0.0397. The molecule has 6 nitrogen and oxygen atoms in total. The van der Waals surface area contributed by atoms with Gasteiger partial charge < -0.3 is 27.8 Å². The molecule has 2 aliphatic heterocycles. The Bertz CT molecular complexity index is 1320. The summed E-state index contributed by atoms with van der Waals surface area (Å²) < 4.78 is 34.8. The fraction of sp³-hybridized carbons (Fsp3) is 0.320. The van der Waals surface area contributed by atoms with E-state index >= 15 is 8.63 Å². The summed E-state index contributed by atoms with van der Waals surface area (Å²) in [4.78, 5) is 22.4. The molecular weight excluding hydrogens is 441 g/mol. The van der Waals surface area contributed by atoms with Gasteiger partial charge in [0.05, 0.1) is 5.57 Å². The third-order valence-corrected chi connectivity index (χ3v) is 7.03. The van der Waals surface area contributed by atoms with E-state index in [4.69, 9.17) is 0 Å². The van der Waals surface area contributed by atoms with Gasteiger partial charge in [-0.3, -0.25) is 9.59 Å². The zero-order valence-electron chi connectivity index (χ0n) is 19.7. The molecule has 0 atom stereocenters. The van der Waals surface area contributed by atoms with Gasteiger partial charge in [0.2, 0.25) is 0 Å². The molecule has 2 N–H and O–H groups in total. The number of hydrogen-bond donors (Lipinski definition) is 2. The number of halogens is 2. The molecule has 0 unspecified atom stereocenters. The van der Waals surface area contributed by atoms with Crippen molar-refractivity contribution in [2.24, 2.45) is 0 Å². The van der Waals surface area contributed by atoms with Crippen LogP contribution in [0.4, 0.5) is 8.63 Å². The van der Waals surface area contributed by atoms with Crippen molar-refractivity contribution >= 4 is 30.2 Å². The molecule has 9 heteroatoms. The molecular formula is C25H27BF2N2O4. The first kappa shape index (κ1) is 23.7. The molecule has 1 aromatic carbocycles. The second-order valence-corrected chi connectivity index (χ2v) is 8.93. The second kappa shape index (κ2) is 8.38. The van der Waals surface area contributed by atoms with Crippen LogP contribution in [0.1, 0.15) is 61.2 Å². The molecule has 0 spiro atoms. The van der Waals surface area contributed by atoms with Gasteiger partial charge >= 0.3 is 18.9 Å². The average Bonchev–Trinajstić information content (AvgIpc) is 3.17. The summed E-state index contributed by atoms with van der Waals surface area (Å²) in [7, 11) is 0. The molecule has 2 aromatic rings. The fourth-order valence-electron chi connectivity index (χ4n) is 5.52. The van der Waals surface area contributed by atoms with E-state index in [1.807, 2.05) is 30.3 Å². The van der Waals surface area contributed by atoms with Crippen LogP contribution >= 0.6 is 0 Å². The summed E-state index contributed by atoms with van der Waals surface area (Å²) in [5.41, 5.74) is 5.47. The van der Waals surface area contributed by atoms with E-state index < -0.39 is 18.9 Å². The van der Waals surface area contributed by atoms with E-state index in [-0.39, 0.29) is 25.7 Å². The highest BCUT2D eigenvalue weighted by Crippen LogP contribution is 2.47. The summed E-state index contributed by atoms with van der Waals surface area (Å²) in [5.74, 6) is -1.96. The number of aromatic nitrogens is 1. The van der Waals surface area contributed by atoms with Crippen LogP contribution in [0, 0.1) is 13.8 Å². The quantitative estimate of drug-likeness (QED) is 0.573. The summed E-state index contributed by atoms with van der Waals surface area (Å²) in [5, 5.41) is 18.4. The van der Waals surface area contributed by atoms with Gasteiger partial charge in [-0.1, -0.05) is 30.3 Å². The van der Waals surface area contributed by atoms with Crippen molar-refractivity contribution in [3.05, 3.63) is 75.3 Å². The molecule has 0 amide bonds. The van der Waals surface area contributed by atoms with Crippen molar-refractivity contribution in [1.82, 2.24) is 4.48 Å². The number of hydrogen-bond acceptors (Lipinski definition) is 2. The van der Waals surface area contributed by atoms with Crippen LogP contribution in [0.5, 0.6) is 0 Å². The molecule has 34 heavy (non-hydrogen) atoms. The highest BCUT2D eigenvalue weighted by molar-refractivity contribution is 6.58. The van der Waals surface area contributed by atoms with Crippen molar-refractivity contribution in [1.29, 1.82) is 0 Å². The first-order valence-corrected chi connectivity index (χ1v) is 11.3. The predicted octanol–water partition coefficient (Wildman–Crippen LogP) is 4.79. The Balaban J connectivity index is 2.08. The molecule has 0 aliphatic carbocycles. The molecule has 0 fully saturated rings. The number of nitrogens with zero attached hydrogens (tertiary/aromatic N) is 2. The Morgan fingerprint density at radius 2 is 1.56 bits per heavy atom. The molecule has 2 aliphatic rings. The second-order valence-electron chi connectivity index (χ2n) is 8.93. The van der Waals surface area contributed by atoms with Gasteiger partial charge in [-0.15, -0.1) is 0 Å². The third kappa shape index (κ3) is 3.50. The van der Waals surface area contributed by atoms with E-state index in [1.54, 1.807) is 27.7 Å². The molecule has 178 valence electrons. The first-order valence-electron chi connectivity index (χ1n) is 11.3. The molecule has 0 bridgehead atoms. The number of rotatable bonds is 7. The lowest BCUT2D eigenvalue weighted by Crippen LogP contribution is -2.51. The van der Waals surface area contributed by atoms with Gasteiger partial charge in [-0.05, 0) is 56.0 Å². The molecule has 3 heterocycles. The van der Waals surface area contributed by atoms with Crippen LogP contribution in [0.2, 0.25) is 0 Å². The maximum atomic E-state index is 16.3. The lowest BCUT2D eigenvalue weighted by molar-refractivity contribution is -0.363.